The van der Waals surface area contributed by atoms with E-state index in [-0.39, 0.29) is 0 Å². The number of hydroxylamine groups is 1. The number of nitrogens with zero attached hydrogens (tertiary/aromatic N) is 2. The maximum absolute atomic E-state index is 5.30. The summed E-state index contributed by atoms with van der Waals surface area (Å²) < 4.78 is 2.00. The summed E-state index contributed by atoms with van der Waals surface area (Å²) in [5, 5.41) is 0. The quantitative estimate of drug-likeness (QED) is 0.617. The number of hydrogen-bond donors (Lipinski definition) is 1. The van der Waals surface area contributed by atoms with Crippen molar-refractivity contribution < 1.29 is 4.84 Å². The van der Waals surface area contributed by atoms with E-state index in [9.17, 15) is 0 Å². The summed E-state index contributed by atoms with van der Waals surface area (Å²) in [6.07, 6.45) is 3.99. The molecule has 1 N–H and O–H groups in total. The van der Waals surface area contributed by atoms with Gasteiger partial charge in [-0.15, -0.1) is 0 Å². The zero-order valence-electron chi connectivity index (χ0n) is 9.68. The van der Waals surface area contributed by atoms with Crippen LogP contribution in [-0.2, 0) is 11.4 Å². The molecule has 0 aliphatic rings. The Bertz CT molecular complexity index is 417. The first-order chi connectivity index (χ1) is 7.75. The van der Waals surface area contributed by atoms with Gasteiger partial charge in [0.2, 0.25) is 0 Å². The number of pyridine rings is 1. The molecule has 4 nitrogen and oxygen atoms in total. The van der Waals surface area contributed by atoms with E-state index in [2.05, 4.69) is 24.3 Å². The van der Waals surface area contributed by atoms with E-state index in [1.807, 2.05) is 35.0 Å². The highest BCUT2D eigenvalue weighted by Crippen LogP contribution is 2.04. The van der Waals surface area contributed by atoms with Crippen molar-refractivity contribution in [3.63, 3.8) is 0 Å². The third-order valence-electron chi connectivity index (χ3n) is 2.19. The van der Waals surface area contributed by atoms with Crippen LogP contribution in [0.15, 0.2) is 30.6 Å². The second-order valence-corrected chi connectivity index (χ2v) is 4.22. The van der Waals surface area contributed by atoms with Crippen molar-refractivity contribution in [2.75, 3.05) is 6.61 Å². The van der Waals surface area contributed by atoms with Crippen LogP contribution in [0, 0.1) is 5.92 Å². The molecule has 0 aliphatic heterocycles. The maximum Gasteiger partial charge on any atom is 0.137 e. The molecule has 4 heteroatoms. The highest BCUT2D eigenvalue weighted by Gasteiger charge is 2.00. The highest BCUT2D eigenvalue weighted by molar-refractivity contribution is 5.39. The minimum atomic E-state index is 0.536. The maximum atomic E-state index is 5.30. The predicted molar refractivity (Wildman–Crippen MR) is 62.8 cm³/mol. The van der Waals surface area contributed by atoms with Gasteiger partial charge in [-0.05, 0) is 18.1 Å². The molecule has 2 aromatic heterocycles. The Morgan fingerprint density at radius 1 is 1.44 bits per heavy atom. The second-order valence-electron chi connectivity index (χ2n) is 4.22. The van der Waals surface area contributed by atoms with E-state index < -0.39 is 0 Å². The first kappa shape index (κ1) is 11.1. The second kappa shape index (κ2) is 5.09. The highest BCUT2D eigenvalue weighted by atomic mass is 16.6. The van der Waals surface area contributed by atoms with Gasteiger partial charge < -0.3 is 9.24 Å². The Hall–Kier alpha value is -1.39. The molecule has 0 aromatic carbocycles. The van der Waals surface area contributed by atoms with Crippen molar-refractivity contribution in [1.82, 2.24) is 14.9 Å². The monoisotopic (exact) mass is 219 g/mol. The largest absolute Gasteiger partial charge is 0.307 e. The van der Waals surface area contributed by atoms with Crippen molar-refractivity contribution in [3.05, 3.63) is 36.3 Å². The first-order valence-electron chi connectivity index (χ1n) is 5.53. The van der Waals surface area contributed by atoms with Crippen molar-refractivity contribution >= 4 is 5.65 Å². The Balaban J connectivity index is 1.89. The van der Waals surface area contributed by atoms with Crippen molar-refractivity contribution in [1.29, 1.82) is 0 Å². The normalized spacial score (nSPS) is 11.4. The van der Waals surface area contributed by atoms with E-state index in [4.69, 9.17) is 4.84 Å². The molecule has 0 saturated carbocycles. The summed E-state index contributed by atoms with van der Waals surface area (Å²) in [7, 11) is 0. The van der Waals surface area contributed by atoms with E-state index in [0.717, 1.165) is 11.3 Å². The van der Waals surface area contributed by atoms with Crippen LogP contribution in [0.3, 0.4) is 0 Å². The minimum absolute atomic E-state index is 0.536. The topological polar surface area (TPSA) is 38.6 Å². The van der Waals surface area contributed by atoms with Gasteiger partial charge in [0.05, 0.1) is 18.8 Å². The van der Waals surface area contributed by atoms with Crippen molar-refractivity contribution in [2.24, 2.45) is 5.92 Å². The number of nitrogens with one attached hydrogen (secondary N) is 1. The standard InChI is InChI=1S/C12H17N3O/c1-10(2)9-16-13-7-11-8-15-6-4-3-5-12(15)14-11/h3-6,8,10,13H,7,9H2,1-2H3. The molecule has 0 saturated heterocycles. The average molecular weight is 219 g/mol. The molecular weight excluding hydrogens is 202 g/mol. The van der Waals surface area contributed by atoms with Crippen molar-refractivity contribution in [2.45, 2.75) is 20.4 Å². The summed E-state index contributed by atoms with van der Waals surface area (Å²) in [4.78, 5) is 9.75. The molecule has 0 bridgehead atoms. The lowest BCUT2D eigenvalue weighted by Crippen LogP contribution is -2.17. The molecule has 0 atom stereocenters. The van der Waals surface area contributed by atoms with Gasteiger partial charge in [-0.2, -0.15) is 5.48 Å². The molecule has 0 fully saturated rings. The van der Waals surface area contributed by atoms with Crippen LogP contribution in [-0.4, -0.2) is 16.0 Å². The smallest absolute Gasteiger partial charge is 0.137 e. The Morgan fingerprint density at radius 2 is 2.31 bits per heavy atom. The first-order valence-corrected chi connectivity index (χ1v) is 5.53. The molecule has 2 rings (SSSR count). The third-order valence-corrected chi connectivity index (χ3v) is 2.19. The average Bonchev–Trinajstić information content (AvgIpc) is 2.66. The van der Waals surface area contributed by atoms with E-state index in [1.165, 1.54) is 0 Å². The molecule has 2 heterocycles. The lowest BCUT2D eigenvalue weighted by atomic mass is 10.2. The summed E-state index contributed by atoms with van der Waals surface area (Å²) in [5.74, 6) is 0.536. The van der Waals surface area contributed by atoms with Gasteiger partial charge in [-0.1, -0.05) is 19.9 Å². The van der Waals surface area contributed by atoms with Gasteiger partial charge in [-0.25, -0.2) is 4.98 Å². The van der Waals surface area contributed by atoms with Crippen LogP contribution >= 0.6 is 0 Å². The minimum Gasteiger partial charge on any atom is -0.307 e. The summed E-state index contributed by atoms with van der Waals surface area (Å²) in [6, 6.07) is 5.95. The van der Waals surface area contributed by atoms with Crippen molar-refractivity contribution in [3.8, 4) is 0 Å². The van der Waals surface area contributed by atoms with E-state index in [0.29, 0.717) is 19.1 Å². The molecule has 0 unspecified atom stereocenters. The van der Waals surface area contributed by atoms with E-state index >= 15 is 0 Å². The fraction of sp³-hybridized carbons (Fsp3) is 0.417. The zero-order chi connectivity index (χ0) is 11.4. The molecule has 2 aromatic rings. The van der Waals surface area contributed by atoms with Crippen LogP contribution < -0.4 is 5.48 Å². The molecule has 0 amide bonds. The van der Waals surface area contributed by atoms with Crippen LogP contribution in [0.2, 0.25) is 0 Å². The summed E-state index contributed by atoms with van der Waals surface area (Å²) >= 11 is 0. The molecule has 0 radical (unpaired) electrons. The lowest BCUT2D eigenvalue weighted by molar-refractivity contribution is 0.0191. The zero-order valence-corrected chi connectivity index (χ0v) is 9.68. The SMILES string of the molecule is CC(C)CONCc1cn2ccccc2n1. The number of rotatable bonds is 5. The van der Waals surface area contributed by atoms with Gasteiger partial charge >= 0.3 is 0 Å². The number of aromatic nitrogens is 2. The summed E-state index contributed by atoms with van der Waals surface area (Å²) in [6.45, 7) is 5.58. The Morgan fingerprint density at radius 3 is 3.06 bits per heavy atom. The fourth-order valence-corrected chi connectivity index (χ4v) is 1.42. The fourth-order valence-electron chi connectivity index (χ4n) is 1.42. The van der Waals surface area contributed by atoms with Gasteiger partial charge in [0.25, 0.3) is 0 Å². The number of fused-ring (bicyclic) bond motifs is 1. The van der Waals surface area contributed by atoms with Crippen LogP contribution in [0.5, 0.6) is 0 Å². The van der Waals surface area contributed by atoms with Gasteiger partial charge in [0, 0.05) is 12.4 Å². The molecule has 0 spiro atoms. The van der Waals surface area contributed by atoms with Gasteiger partial charge in [0.15, 0.2) is 0 Å². The van der Waals surface area contributed by atoms with Gasteiger partial charge in [0.1, 0.15) is 5.65 Å². The number of hydrogen-bond acceptors (Lipinski definition) is 3. The predicted octanol–water partition coefficient (Wildman–Crippen LogP) is 2.01. The third kappa shape index (κ3) is 2.81. The Kier molecular flexibility index (Phi) is 3.54. The molecule has 16 heavy (non-hydrogen) atoms. The number of imidazole rings is 1. The lowest BCUT2D eigenvalue weighted by Gasteiger charge is -2.05. The summed E-state index contributed by atoms with van der Waals surface area (Å²) in [5.41, 5.74) is 4.86. The molecule has 0 aliphatic carbocycles. The molecule has 86 valence electrons. The van der Waals surface area contributed by atoms with Gasteiger partial charge in [-0.3, -0.25) is 0 Å². The van der Waals surface area contributed by atoms with Crippen LogP contribution in [0.1, 0.15) is 19.5 Å². The Labute approximate surface area is 95.2 Å². The molecular formula is C12H17N3O. The van der Waals surface area contributed by atoms with Crippen LogP contribution in [0.4, 0.5) is 0 Å². The van der Waals surface area contributed by atoms with Crippen LogP contribution in [0.25, 0.3) is 5.65 Å². The van der Waals surface area contributed by atoms with E-state index in [1.54, 1.807) is 0 Å².